The van der Waals surface area contributed by atoms with Crippen LogP contribution in [0.1, 0.15) is 5.69 Å². The average Bonchev–Trinajstić information content (AvgIpc) is 3.02. The van der Waals surface area contributed by atoms with Crippen molar-refractivity contribution in [1.29, 1.82) is 0 Å². The van der Waals surface area contributed by atoms with E-state index in [-0.39, 0.29) is 11.5 Å². The number of hydrogen-bond donors (Lipinski definition) is 0. The fraction of sp³-hybridized carbons (Fsp3) is 0.118. The fourth-order valence-corrected chi connectivity index (χ4v) is 3.86. The Kier molecular flexibility index (Phi) is 4.89. The molecule has 0 unspecified atom stereocenters. The minimum atomic E-state index is -3.25. The van der Waals surface area contributed by atoms with Crippen LogP contribution in [0.3, 0.4) is 0 Å². The lowest BCUT2D eigenvalue weighted by Crippen LogP contribution is -1.99. The number of thiazole rings is 1. The van der Waals surface area contributed by atoms with Crippen LogP contribution in [0, 0.1) is 0 Å². The largest absolute Gasteiger partial charge is 0.487 e. The van der Waals surface area contributed by atoms with E-state index in [4.69, 9.17) is 16.3 Å². The first-order valence-corrected chi connectivity index (χ1v) is 10.2. The number of aromatic nitrogens is 1. The van der Waals surface area contributed by atoms with Crippen molar-refractivity contribution in [2.45, 2.75) is 11.5 Å². The summed E-state index contributed by atoms with van der Waals surface area (Å²) in [5.41, 5.74) is 1.65. The summed E-state index contributed by atoms with van der Waals surface area (Å²) >= 11 is 7.67. The molecule has 0 aliphatic heterocycles. The number of nitrogens with zero attached hydrogens (tertiary/aromatic N) is 1. The second kappa shape index (κ2) is 6.93. The molecule has 3 aromatic rings. The monoisotopic (exact) mass is 379 g/mol. The van der Waals surface area contributed by atoms with Gasteiger partial charge < -0.3 is 4.74 Å². The third kappa shape index (κ3) is 3.95. The van der Waals surface area contributed by atoms with Gasteiger partial charge in [0.15, 0.2) is 9.84 Å². The van der Waals surface area contributed by atoms with Crippen molar-refractivity contribution < 1.29 is 13.2 Å². The summed E-state index contributed by atoms with van der Waals surface area (Å²) in [5, 5.41) is 3.38. The molecule has 0 N–H and O–H groups in total. The molecule has 4 nitrogen and oxygen atoms in total. The second-order valence-electron chi connectivity index (χ2n) is 5.16. The van der Waals surface area contributed by atoms with Crippen LogP contribution in [-0.4, -0.2) is 19.7 Å². The van der Waals surface area contributed by atoms with Gasteiger partial charge in [-0.15, -0.1) is 11.3 Å². The molecule has 3 rings (SSSR count). The van der Waals surface area contributed by atoms with Gasteiger partial charge in [0, 0.05) is 17.2 Å². The molecule has 0 amide bonds. The highest BCUT2D eigenvalue weighted by atomic mass is 35.5. The number of benzene rings is 2. The lowest BCUT2D eigenvalue weighted by Gasteiger charge is -2.06. The SMILES string of the molecule is CS(=O)(=O)c1cccc(OCc2csc(-c3ccccc3Cl)n2)c1. The molecule has 0 radical (unpaired) electrons. The van der Waals surface area contributed by atoms with Crippen LogP contribution in [0.25, 0.3) is 10.6 Å². The highest BCUT2D eigenvalue weighted by Gasteiger charge is 2.10. The average molecular weight is 380 g/mol. The van der Waals surface area contributed by atoms with E-state index in [1.165, 1.54) is 23.7 Å². The van der Waals surface area contributed by atoms with Gasteiger partial charge in [-0.25, -0.2) is 13.4 Å². The number of hydrogen-bond acceptors (Lipinski definition) is 5. The zero-order chi connectivity index (χ0) is 17.2. The van der Waals surface area contributed by atoms with Gasteiger partial charge in [0.05, 0.1) is 15.6 Å². The minimum Gasteiger partial charge on any atom is -0.487 e. The maximum absolute atomic E-state index is 11.6. The van der Waals surface area contributed by atoms with Crippen molar-refractivity contribution in [2.24, 2.45) is 0 Å². The zero-order valence-corrected chi connectivity index (χ0v) is 15.2. The van der Waals surface area contributed by atoms with Gasteiger partial charge in [-0.05, 0) is 24.3 Å². The molecule has 0 spiro atoms. The Morgan fingerprint density at radius 2 is 1.96 bits per heavy atom. The smallest absolute Gasteiger partial charge is 0.175 e. The Bertz CT molecular complexity index is 967. The van der Waals surface area contributed by atoms with Gasteiger partial charge in [0.2, 0.25) is 0 Å². The Hall–Kier alpha value is -1.89. The highest BCUT2D eigenvalue weighted by molar-refractivity contribution is 7.90. The molecule has 0 saturated carbocycles. The van der Waals surface area contributed by atoms with Gasteiger partial charge in [-0.1, -0.05) is 35.9 Å². The maximum Gasteiger partial charge on any atom is 0.175 e. The number of rotatable bonds is 5. The van der Waals surface area contributed by atoms with Crippen LogP contribution in [0.15, 0.2) is 58.8 Å². The summed E-state index contributed by atoms with van der Waals surface area (Å²) in [6.07, 6.45) is 1.17. The number of ether oxygens (including phenoxy) is 1. The molecule has 1 aromatic heterocycles. The van der Waals surface area contributed by atoms with E-state index in [9.17, 15) is 8.42 Å². The topological polar surface area (TPSA) is 56.3 Å². The van der Waals surface area contributed by atoms with Gasteiger partial charge in [0.1, 0.15) is 17.4 Å². The quantitative estimate of drug-likeness (QED) is 0.657. The van der Waals surface area contributed by atoms with E-state index < -0.39 is 9.84 Å². The van der Waals surface area contributed by atoms with E-state index in [0.29, 0.717) is 10.8 Å². The summed E-state index contributed by atoms with van der Waals surface area (Å²) < 4.78 is 28.8. The van der Waals surface area contributed by atoms with Crippen molar-refractivity contribution >= 4 is 32.8 Å². The van der Waals surface area contributed by atoms with Crippen LogP contribution in [-0.2, 0) is 16.4 Å². The first-order chi connectivity index (χ1) is 11.4. The second-order valence-corrected chi connectivity index (χ2v) is 8.44. The first kappa shape index (κ1) is 17.0. The van der Waals surface area contributed by atoms with Crippen molar-refractivity contribution in [1.82, 2.24) is 4.98 Å². The normalized spacial score (nSPS) is 11.4. The third-order valence-corrected chi connectivity index (χ3v) is 5.64. The van der Waals surface area contributed by atoms with E-state index in [2.05, 4.69) is 4.98 Å². The van der Waals surface area contributed by atoms with Gasteiger partial charge in [-0.2, -0.15) is 0 Å². The Labute approximate surface area is 149 Å². The molecule has 0 atom stereocenters. The fourth-order valence-electron chi connectivity index (χ4n) is 2.08. The molecule has 124 valence electrons. The van der Waals surface area contributed by atoms with Crippen LogP contribution in [0.5, 0.6) is 5.75 Å². The summed E-state index contributed by atoms with van der Waals surface area (Å²) in [6, 6.07) is 14.0. The molecular formula is C17H14ClNO3S2. The van der Waals surface area contributed by atoms with Crippen molar-refractivity contribution in [3.05, 3.63) is 64.6 Å². The predicted molar refractivity (Wildman–Crippen MR) is 96.4 cm³/mol. The highest BCUT2D eigenvalue weighted by Crippen LogP contribution is 2.30. The molecule has 0 aliphatic carbocycles. The summed E-state index contributed by atoms with van der Waals surface area (Å²) in [4.78, 5) is 4.75. The zero-order valence-electron chi connectivity index (χ0n) is 12.8. The van der Waals surface area contributed by atoms with Crippen LogP contribution >= 0.6 is 22.9 Å². The Morgan fingerprint density at radius 3 is 2.71 bits per heavy atom. The van der Waals surface area contributed by atoms with Crippen LogP contribution in [0.2, 0.25) is 5.02 Å². The molecule has 24 heavy (non-hydrogen) atoms. The molecule has 0 saturated heterocycles. The van der Waals surface area contributed by atoms with Crippen LogP contribution < -0.4 is 4.74 Å². The first-order valence-electron chi connectivity index (χ1n) is 7.06. The van der Waals surface area contributed by atoms with Gasteiger partial charge in [-0.3, -0.25) is 0 Å². The minimum absolute atomic E-state index is 0.232. The van der Waals surface area contributed by atoms with Crippen LogP contribution in [0.4, 0.5) is 0 Å². The predicted octanol–water partition coefficient (Wildman–Crippen LogP) is 4.45. The summed E-state index contributed by atoms with van der Waals surface area (Å²) in [7, 11) is -3.25. The van der Waals surface area contributed by atoms with Crippen molar-refractivity contribution in [3.8, 4) is 16.3 Å². The summed E-state index contributed by atoms with van der Waals surface area (Å²) in [5.74, 6) is 0.491. The van der Waals surface area contributed by atoms with E-state index >= 15 is 0 Å². The van der Waals surface area contributed by atoms with Crippen molar-refractivity contribution in [3.63, 3.8) is 0 Å². The van der Waals surface area contributed by atoms with E-state index in [0.717, 1.165) is 16.3 Å². The molecule has 2 aromatic carbocycles. The third-order valence-electron chi connectivity index (χ3n) is 3.28. The summed E-state index contributed by atoms with van der Waals surface area (Å²) in [6.45, 7) is 0.258. The van der Waals surface area contributed by atoms with E-state index in [1.807, 2.05) is 29.6 Å². The maximum atomic E-state index is 11.6. The van der Waals surface area contributed by atoms with E-state index in [1.54, 1.807) is 18.2 Å². The molecule has 0 bridgehead atoms. The molecular weight excluding hydrogens is 366 g/mol. The molecule has 1 heterocycles. The molecule has 0 fully saturated rings. The Balaban J connectivity index is 1.74. The number of halogens is 1. The van der Waals surface area contributed by atoms with Gasteiger partial charge >= 0.3 is 0 Å². The standard InChI is InChI=1S/C17H14ClNO3S2/c1-24(20,21)14-6-4-5-13(9-14)22-10-12-11-23-17(19-12)15-7-2-3-8-16(15)18/h2-9,11H,10H2,1H3. The number of sulfone groups is 1. The van der Waals surface area contributed by atoms with Crippen molar-refractivity contribution in [2.75, 3.05) is 6.26 Å². The Morgan fingerprint density at radius 1 is 1.17 bits per heavy atom. The molecule has 7 heteroatoms. The lowest BCUT2D eigenvalue weighted by molar-refractivity contribution is 0.301. The molecule has 0 aliphatic rings. The van der Waals surface area contributed by atoms with Gasteiger partial charge in [0.25, 0.3) is 0 Å². The lowest BCUT2D eigenvalue weighted by atomic mass is 10.2.